The Morgan fingerprint density at radius 2 is 1.84 bits per heavy atom. The number of rotatable bonds is 4. The van der Waals surface area contributed by atoms with Gasteiger partial charge in [-0.1, -0.05) is 41.0 Å². The lowest BCUT2D eigenvalue weighted by molar-refractivity contribution is 0.132. The molecule has 0 unspecified atom stereocenters. The highest BCUT2D eigenvalue weighted by Crippen LogP contribution is 2.10. The van der Waals surface area contributed by atoms with Gasteiger partial charge in [0.25, 0.3) is 0 Å². The Hall–Kier alpha value is -2.31. The van der Waals surface area contributed by atoms with Crippen LogP contribution >= 0.6 is 11.6 Å². The van der Waals surface area contributed by atoms with Crippen molar-refractivity contribution in [1.82, 2.24) is 0 Å². The lowest BCUT2D eigenvalue weighted by Crippen LogP contribution is -1.88. The van der Waals surface area contributed by atoms with Gasteiger partial charge in [-0.05, 0) is 29.8 Å². The van der Waals surface area contributed by atoms with Crippen molar-refractivity contribution in [1.29, 1.82) is 5.26 Å². The Balaban J connectivity index is 1.90. The number of hydrogen-bond donors (Lipinski definition) is 0. The molecule has 0 aliphatic rings. The highest BCUT2D eigenvalue weighted by molar-refractivity contribution is 6.30. The molecule has 19 heavy (non-hydrogen) atoms. The van der Waals surface area contributed by atoms with Crippen LogP contribution in [0.2, 0.25) is 5.02 Å². The van der Waals surface area contributed by atoms with Crippen LogP contribution in [0.3, 0.4) is 0 Å². The van der Waals surface area contributed by atoms with Crippen molar-refractivity contribution in [3.05, 3.63) is 70.2 Å². The quantitative estimate of drug-likeness (QED) is 0.628. The highest BCUT2D eigenvalue weighted by Gasteiger charge is 1.94. The van der Waals surface area contributed by atoms with Gasteiger partial charge in [0.15, 0.2) is 0 Å². The van der Waals surface area contributed by atoms with Gasteiger partial charge in [0, 0.05) is 10.6 Å². The first-order valence-corrected chi connectivity index (χ1v) is 5.98. The summed E-state index contributed by atoms with van der Waals surface area (Å²) >= 11 is 5.78. The van der Waals surface area contributed by atoms with E-state index in [2.05, 4.69) is 17.4 Å². The second-order valence-corrected chi connectivity index (χ2v) is 4.23. The van der Waals surface area contributed by atoms with E-state index in [4.69, 9.17) is 21.7 Å². The maximum Gasteiger partial charge on any atom is 0.142 e. The minimum absolute atomic E-state index is 0.349. The van der Waals surface area contributed by atoms with E-state index in [-0.39, 0.29) is 0 Å². The SMILES string of the molecule is N#Cc1cccc(/[C]=N\OCc2ccc(Cl)cc2)c1. The summed E-state index contributed by atoms with van der Waals surface area (Å²) in [5.74, 6) is 0. The summed E-state index contributed by atoms with van der Waals surface area (Å²) in [6.45, 7) is 0.349. The summed E-state index contributed by atoms with van der Waals surface area (Å²) in [5.41, 5.74) is 2.24. The van der Waals surface area contributed by atoms with Crippen molar-refractivity contribution in [3.63, 3.8) is 0 Å². The van der Waals surface area contributed by atoms with Gasteiger partial charge in [-0.15, -0.1) is 0 Å². The molecule has 0 fully saturated rings. The molecule has 4 heteroatoms. The lowest BCUT2D eigenvalue weighted by atomic mass is 10.1. The third-order valence-corrected chi connectivity index (χ3v) is 2.63. The van der Waals surface area contributed by atoms with Crippen LogP contribution in [-0.2, 0) is 11.4 Å². The van der Waals surface area contributed by atoms with E-state index in [1.165, 1.54) is 0 Å². The number of nitrogens with zero attached hydrogens (tertiary/aromatic N) is 2. The van der Waals surface area contributed by atoms with Gasteiger partial charge in [-0.25, -0.2) is 0 Å². The average molecular weight is 270 g/mol. The molecule has 0 atom stereocenters. The van der Waals surface area contributed by atoms with E-state index in [1.54, 1.807) is 36.4 Å². The maximum atomic E-state index is 8.75. The molecule has 0 aliphatic heterocycles. The minimum atomic E-state index is 0.349. The summed E-state index contributed by atoms with van der Waals surface area (Å²) in [7, 11) is 0. The molecule has 2 rings (SSSR count). The Bertz CT molecular complexity index is 615. The zero-order chi connectivity index (χ0) is 13.5. The van der Waals surface area contributed by atoms with Crippen molar-refractivity contribution in [2.24, 2.45) is 5.16 Å². The van der Waals surface area contributed by atoms with Gasteiger partial charge in [-0.2, -0.15) is 5.26 Å². The first-order valence-electron chi connectivity index (χ1n) is 5.60. The third-order valence-electron chi connectivity index (χ3n) is 2.38. The molecule has 0 amide bonds. The second-order valence-electron chi connectivity index (χ2n) is 3.80. The van der Waals surface area contributed by atoms with E-state index >= 15 is 0 Å². The molecule has 0 aromatic heterocycles. The van der Waals surface area contributed by atoms with Gasteiger partial charge in [0.05, 0.1) is 11.6 Å². The van der Waals surface area contributed by atoms with Crippen LogP contribution < -0.4 is 0 Å². The smallest absolute Gasteiger partial charge is 0.142 e. The van der Waals surface area contributed by atoms with Gasteiger partial charge in [0.1, 0.15) is 12.8 Å². The van der Waals surface area contributed by atoms with Crippen LogP contribution in [-0.4, -0.2) is 6.21 Å². The molecule has 0 spiro atoms. The average Bonchev–Trinajstić information content (AvgIpc) is 2.46. The fourth-order valence-electron chi connectivity index (χ4n) is 1.43. The first-order chi connectivity index (χ1) is 9.28. The Labute approximate surface area is 116 Å². The number of hydrogen-bond acceptors (Lipinski definition) is 3. The van der Waals surface area contributed by atoms with Gasteiger partial charge in [-0.3, -0.25) is 0 Å². The lowest BCUT2D eigenvalue weighted by Gasteiger charge is -1.99. The topological polar surface area (TPSA) is 45.4 Å². The molecule has 0 aliphatic carbocycles. The predicted octanol–water partition coefficient (Wildman–Crippen LogP) is 3.64. The fourth-order valence-corrected chi connectivity index (χ4v) is 1.56. The van der Waals surface area contributed by atoms with E-state index in [9.17, 15) is 0 Å². The normalized spacial score (nSPS) is 10.3. The summed E-state index contributed by atoms with van der Waals surface area (Å²) in [5, 5.41) is 13.2. The summed E-state index contributed by atoms with van der Waals surface area (Å²) in [6, 6.07) is 16.4. The minimum Gasteiger partial charge on any atom is -0.390 e. The van der Waals surface area contributed by atoms with Crippen molar-refractivity contribution in [2.75, 3.05) is 0 Å². The standard InChI is InChI=1S/C15H10ClN2O/c16-15-6-4-12(5-7-15)11-19-18-10-14-3-1-2-13(8-14)9-17/h1-8H,11H2. The van der Waals surface area contributed by atoms with E-state index in [0.29, 0.717) is 22.8 Å². The molecule has 0 saturated carbocycles. The van der Waals surface area contributed by atoms with Crippen molar-refractivity contribution >= 4 is 17.8 Å². The zero-order valence-electron chi connectivity index (χ0n) is 10.0. The monoisotopic (exact) mass is 269 g/mol. The van der Waals surface area contributed by atoms with Crippen LogP contribution in [0.4, 0.5) is 0 Å². The number of nitriles is 1. The van der Waals surface area contributed by atoms with Crippen LogP contribution in [0.5, 0.6) is 0 Å². The van der Waals surface area contributed by atoms with Crippen molar-refractivity contribution in [3.8, 4) is 6.07 Å². The molecule has 3 nitrogen and oxygen atoms in total. The Kier molecular flexibility index (Phi) is 4.54. The third kappa shape index (κ3) is 4.13. The molecule has 1 radical (unpaired) electrons. The van der Waals surface area contributed by atoms with Crippen molar-refractivity contribution in [2.45, 2.75) is 6.61 Å². The van der Waals surface area contributed by atoms with Crippen LogP contribution in [0.1, 0.15) is 16.7 Å². The first kappa shape index (κ1) is 13.1. The van der Waals surface area contributed by atoms with Crippen LogP contribution in [0.25, 0.3) is 0 Å². The Morgan fingerprint density at radius 3 is 2.58 bits per heavy atom. The number of benzene rings is 2. The van der Waals surface area contributed by atoms with Crippen molar-refractivity contribution < 1.29 is 4.84 Å². The molecule has 2 aromatic rings. The van der Waals surface area contributed by atoms with Gasteiger partial charge in [0.2, 0.25) is 0 Å². The predicted molar refractivity (Wildman–Crippen MR) is 73.9 cm³/mol. The zero-order valence-corrected chi connectivity index (χ0v) is 10.8. The fraction of sp³-hybridized carbons (Fsp3) is 0.0667. The molecule has 93 valence electrons. The van der Waals surface area contributed by atoms with Crippen LogP contribution in [0.15, 0.2) is 53.7 Å². The van der Waals surface area contributed by atoms with E-state index in [1.807, 2.05) is 12.1 Å². The molecule has 0 bridgehead atoms. The second kappa shape index (κ2) is 6.58. The van der Waals surface area contributed by atoms with Crippen LogP contribution in [0, 0.1) is 11.3 Å². The Morgan fingerprint density at radius 1 is 1.11 bits per heavy atom. The molecular weight excluding hydrogens is 260 g/mol. The summed E-state index contributed by atoms with van der Waals surface area (Å²) in [6.07, 6.45) is 2.73. The maximum absolute atomic E-state index is 8.75. The summed E-state index contributed by atoms with van der Waals surface area (Å²) in [4.78, 5) is 5.12. The largest absolute Gasteiger partial charge is 0.390 e. The van der Waals surface area contributed by atoms with Gasteiger partial charge < -0.3 is 4.84 Å². The molecule has 0 saturated heterocycles. The van der Waals surface area contributed by atoms with E-state index in [0.717, 1.165) is 5.56 Å². The van der Waals surface area contributed by atoms with Gasteiger partial charge >= 0.3 is 0 Å². The summed E-state index contributed by atoms with van der Waals surface area (Å²) < 4.78 is 0. The molecular formula is C15H10ClN2O. The highest BCUT2D eigenvalue weighted by atomic mass is 35.5. The molecule has 0 heterocycles. The molecule has 0 N–H and O–H groups in total. The molecule has 2 aromatic carbocycles. The van der Waals surface area contributed by atoms with E-state index < -0.39 is 0 Å². The number of halogens is 1.